The van der Waals surface area contributed by atoms with Crippen LogP contribution in [0.3, 0.4) is 0 Å². The highest BCUT2D eigenvalue weighted by molar-refractivity contribution is 5.97. The molecule has 0 spiro atoms. The minimum absolute atomic E-state index is 0.0734. The third kappa shape index (κ3) is 2.90. The van der Waals surface area contributed by atoms with E-state index in [0.717, 1.165) is 6.07 Å². The number of allylic oxidation sites excluding steroid dienone is 1. The predicted octanol–water partition coefficient (Wildman–Crippen LogP) is 1.39. The fraction of sp³-hybridized carbons (Fsp3) is 0.200. The summed E-state index contributed by atoms with van der Waals surface area (Å²) in [4.78, 5) is 21.8. The molecule has 5 nitrogen and oxygen atoms in total. The summed E-state index contributed by atoms with van der Waals surface area (Å²) in [5.74, 6) is -3.33. The first-order valence-electron chi connectivity index (χ1n) is 4.39. The van der Waals surface area contributed by atoms with E-state index in [2.05, 4.69) is 4.42 Å². The second kappa shape index (κ2) is 4.77. The molecule has 0 aliphatic rings. The molecular weight excluding hydrogens is 238 g/mol. The summed E-state index contributed by atoms with van der Waals surface area (Å²) < 4.78 is 28.3. The van der Waals surface area contributed by atoms with E-state index in [9.17, 15) is 28.6 Å². The van der Waals surface area contributed by atoms with Gasteiger partial charge in [0, 0.05) is 12.1 Å². The van der Waals surface area contributed by atoms with Gasteiger partial charge in [0.2, 0.25) is 5.78 Å². The Kier molecular flexibility index (Phi) is 3.62. The Morgan fingerprint density at radius 1 is 1.53 bits per heavy atom. The van der Waals surface area contributed by atoms with Crippen LogP contribution in [0.5, 0.6) is 5.75 Å². The Morgan fingerprint density at radius 2 is 2.12 bits per heavy atom. The molecular formula is C10H8F2O5. The summed E-state index contributed by atoms with van der Waals surface area (Å²) in [5.41, 5.74) is -1.86. The molecule has 2 N–H and O–H groups in total. The molecule has 0 atom stereocenters. The van der Waals surface area contributed by atoms with E-state index in [1.165, 1.54) is 6.92 Å². The van der Waals surface area contributed by atoms with Gasteiger partial charge in [-0.05, 0) is 6.92 Å². The Balaban J connectivity index is 3.26. The molecule has 0 unspecified atom stereocenters. The highest BCUT2D eigenvalue weighted by Crippen LogP contribution is 2.20. The summed E-state index contributed by atoms with van der Waals surface area (Å²) in [5, 5.41) is 18.6. The lowest BCUT2D eigenvalue weighted by Crippen LogP contribution is -2.11. The van der Waals surface area contributed by atoms with Gasteiger partial charge in [0.1, 0.15) is 22.8 Å². The second-order valence-corrected chi connectivity index (χ2v) is 3.14. The van der Waals surface area contributed by atoms with Gasteiger partial charge in [0.05, 0.1) is 0 Å². The van der Waals surface area contributed by atoms with Gasteiger partial charge >= 0.3 is 5.63 Å². The minimum Gasteiger partial charge on any atom is -0.507 e. The average Bonchev–Trinajstić information content (AvgIpc) is 2.15. The monoisotopic (exact) mass is 246 g/mol. The molecule has 0 aliphatic heterocycles. The molecule has 0 fully saturated rings. The van der Waals surface area contributed by atoms with Crippen LogP contribution in [0.15, 0.2) is 21.4 Å². The number of carbonyl (C=O) groups excluding carboxylic acids is 1. The third-order valence-electron chi connectivity index (χ3n) is 1.80. The number of halogens is 2. The molecule has 1 aromatic heterocycles. The van der Waals surface area contributed by atoms with E-state index in [1.807, 2.05) is 0 Å². The zero-order valence-electron chi connectivity index (χ0n) is 8.61. The number of rotatable bonds is 3. The highest BCUT2D eigenvalue weighted by Gasteiger charge is 2.18. The van der Waals surface area contributed by atoms with Crippen molar-refractivity contribution in [2.45, 2.75) is 13.3 Å². The predicted molar refractivity (Wildman–Crippen MR) is 53.0 cm³/mol. The molecule has 0 radical (unpaired) electrons. The van der Waals surface area contributed by atoms with Crippen LogP contribution in [0.2, 0.25) is 0 Å². The summed E-state index contributed by atoms with van der Waals surface area (Å²) >= 11 is 0. The fourth-order valence-electron chi connectivity index (χ4n) is 1.10. The molecule has 0 amide bonds. The first-order valence-corrected chi connectivity index (χ1v) is 4.39. The van der Waals surface area contributed by atoms with Gasteiger partial charge in [-0.3, -0.25) is 4.79 Å². The Morgan fingerprint density at radius 3 is 2.59 bits per heavy atom. The van der Waals surface area contributed by atoms with Crippen molar-refractivity contribution in [1.29, 1.82) is 0 Å². The third-order valence-corrected chi connectivity index (χ3v) is 1.80. The lowest BCUT2D eigenvalue weighted by Gasteiger charge is -2.02. The van der Waals surface area contributed by atoms with Crippen LogP contribution >= 0.6 is 0 Å². The van der Waals surface area contributed by atoms with E-state index < -0.39 is 34.9 Å². The average molecular weight is 246 g/mol. The quantitative estimate of drug-likeness (QED) is 0.621. The van der Waals surface area contributed by atoms with Crippen molar-refractivity contribution in [2.24, 2.45) is 0 Å². The maximum atomic E-state index is 11.9. The maximum Gasteiger partial charge on any atom is 0.350 e. The number of alkyl halides is 2. The van der Waals surface area contributed by atoms with E-state index in [0.29, 0.717) is 0 Å². The van der Waals surface area contributed by atoms with Crippen LogP contribution in [-0.2, 0) is 4.79 Å². The van der Waals surface area contributed by atoms with Crippen molar-refractivity contribution in [2.75, 3.05) is 0 Å². The second-order valence-electron chi connectivity index (χ2n) is 3.14. The van der Waals surface area contributed by atoms with Gasteiger partial charge in [-0.15, -0.1) is 0 Å². The van der Waals surface area contributed by atoms with Crippen molar-refractivity contribution >= 4 is 11.5 Å². The maximum absolute atomic E-state index is 11.9. The first-order chi connectivity index (χ1) is 7.82. The largest absolute Gasteiger partial charge is 0.507 e. The molecule has 0 saturated heterocycles. The molecule has 0 aromatic carbocycles. The van der Waals surface area contributed by atoms with Gasteiger partial charge in [-0.25, -0.2) is 13.6 Å². The zero-order chi connectivity index (χ0) is 13.2. The number of hydrogen-bond donors (Lipinski definition) is 2. The molecule has 17 heavy (non-hydrogen) atoms. The van der Waals surface area contributed by atoms with Gasteiger partial charge in [-0.1, -0.05) is 0 Å². The van der Waals surface area contributed by atoms with Crippen molar-refractivity contribution in [3.05, 3.63) is 33.9 Å². The standard InChI is InChI=1S/C10H8F2O5/c1-4-2-5(13)8(10(16)17-4)6(14)3-7(15)9(11)12/h2-3,9,13-14H,1H3. The number of aliphatic hydroxyl groups is 1. The number of aliphatic hydroxyl groups excluding tert-OH is 1. The van der Waals surface area contributed by atoms with Crippen LogP contribution < -0.4 is 5.63 Å². The van der Waals surface area contributed by atoms with Crippen LogP contribution in [0.4, 0.5) is 8.78 Å². The van der Waals surface area contributed by atoms with Crippen LogP contribution in [-0.4, -0.2) is 22.4 Å². The number of ketones is 1. The summed E-state index contributed by atoms with van der Waals surface area (Å²) in [6.45, 7) is 1.37. The van der Waals surface area contributed by atoms with Gasteiger partial charge < -0.3 is 14.6 Å². The summed E-state index contributed by atoms with van der Waals surface area (Å²) in [7, 11) is 0. The van der Waals surface area contributed by atoms with Crippen molar-refractivity contribution in [3.8, 4) is 5.75 Å². The molecule has 92 valence electrons. The Labute approximate surface area is 93.6 Å². The normalized spacial score (nSPS) is 11.9. The first kappa shape index (κ1) is 12.9. The smallest absolute Gasteiger partial charge is 0.350 e. The lowest BCUT2D eigenvalue weighted by molar-refractivity contribution is -0.124. The topological polar surface area (TPSA) is 87.7 Å². The molecule has 1 aromatic rings. The SMILES string of the molecule is Cc1cc(O)c(C(O)=CC(=O)C(F)F)c(=O)o1. The Bertz CT molecular complexity index is 530. The van der Waals surface area contributed by atoms with Gasteiger partial charge in [0.15, 0.2) is 0 Å². The van der Waals surface area contributed by atoms with E-state index in [4.69, 9.17) is 0 Å². The number of hydrogen-bond acceptors (Lipinski definition) is 5. The van der Waals surface area contributed by atoms with E-state index in [1.54, 1.807) is 0 Å². The van der Waals surface area contributed by atoms with Crippen LogP contribution in [0, 0.1) is 6.92 Å². The van der Waals surface area contributed by atoms with E-state index >= 15 is 0 Å². The number of carbonyl (C=O) groups is 1. The number of aromatic hydroxyl groups is 1. The highest BCUT2D eigenvalue weighted by atomic mass is 19.3. The van der Waals surface area contributed by atoms with Crippen molar-refractivity contribution in [3.63, 3.8) is 0 Å². The van der Waals surface area contributed by atoms with Crippen molar-refractivity contribution < 1.29 is 28.2 Å². The molecule has 0 bridgehead atoms. The summed E-state index contributed by atoms with van der Waals surface area (Å²) in [6.07, 6.45) is -3.15. The Hall–Kier alpha value is -2.18. The van der Waals surface area contributed by atoms with Gasteiger partial charge in [0.25, 0.3) is 6.43 Å². The van der Waals surface area contributed by atoms with E-state index in [-0.39, 0.29) is 11.8 Å². The lowest BCUT2D eigenvalue weighted by atomic mass is 10.2. The molecule has 0 aliphatic carbocycles. The van der Waals surface area contributed by atoms with Crippen molar-refractivity contribution in [1.82, 2.24) is 0 Å². The van der Waals surface area contributed by atoms with Crippen LogP contribution in [0.1, 0.15) is 11.3 Å². The summed E-state index contributed by atoms with van der Waals surface area (Å²) in [6, 6.07) is 1.01. The van der Waals surface area contributed by atoms with Gasteiger partial charge in [-0.2, -0.15) is 0 Å². The molecule has 1 heterocycles. The fourth-order valence-corrected chi connectivity index (χ4v) is 1.10. The molecule has 7 heteroatoms. The minimum atomic E-state index is -3.31. The van der Waals surface area contributed by atoms with Crippen LogP contribution in [0.25, 0.3) is 5.76 Å². The number of aryl methyl sites for hydroxylation is 1. The zero-order valence-corrected chi connectivity index (χ0v) is 8.61. The molecule has 1 rings (SSSR count). The molecule has 0 saturated carbocycles.